The number of carbonyl (C=O) groups is 1. The van der Waals surface area contributed by atoms with Crippen LogP contribution in [0.1, 0.15) is 25.5 Å². The smallest absolute Gasteiger partial charge is 0.313 e. The largest absolute Gasteiger partial charge is 0.496 e. The van der Waals surface area contributed by atoms with E-state index in [9.17, 15) is 9.18 Å². The zero-order valence-electron chi connectivity index (χ0n) is 11.4. The van der Waals surface area contributed by atoms with Crippen LogP contribution in [-0.2, 0) is 9.53 Å². The molecule has 1 rings (SSSR count). The normalized spacial score (nSPS) is 12.3. The molecule has 0 heterocycles. The Kier molecular flexibility index (Phi) is 6.25. The van der Waals surface area contributed by atoms with Gasteiger partial charge in [0.15, 0.2) is 0 Å². The molecule has 19 heavy (non-hydrogen) atoms. The molecule has 1 aromatic carbocycles. The maximum Gasteiger partial charge on any atom is 0.313 e. The van der Waals surface area contributed by atoms with Gasteiger partial charge in [0, 0.05) is 17.7 Å². The minimum absolute atomic E-state index is 0. The number of methoxy groups -OCH3 is 2. The van der Waals surface area contributed by atoms with Crippen LogP contribution in [0.3, 0.4) is 0 Å². The number of hydrogen-bond donors (Lipinski definition) is 1. The standard InChI is InChI=1S/C13H18FNO3.ClH/c1-13(2,12(16)18-4)11(15)9-6-5-8(14)7-10(9)17-3;/h5-7,11H,15H2,1-4H3;1H/t11-;/m0./s1. The summed E-state index contributed by atoms with van der Waals surface area (Å²) >= 11 is 0. The number of ether oxygens (including phenoxy) is 2. The van der Waals surface area contributed by atoms with Crippen LogP contribution in [0.25, 0.3) is 0 Å². The van der Waals surface area contributed by atoms with Crippen molar-refractivity contribution >= 4 is 18.4 Å². The summed E-state index contributed by atoms with van der Waals surface area (Å²) < 4.78 is 22.9. The van der Waals surface area contributed by atoms with Gasteiger partial charge >= 0.3 is 5.97 Å². The van der Waals surface area contributed by atoms with E-state index in [-0.39, 0.29) is 12.4 Å². The molecule has 108 valence electrons. The fraction of sp³-hybridized carbons (Fsp3) is 0.462. The van der Waals surface area contributed by atoms with Crippen molar-refractivity contribution in [3.63, 3.8) is 0 Å². The maximum atomic E-state index is 13.1. The summed E-state index contributed by atoms with van der Waals surface area (Å²) in [5, 5.41) is 0. The molecule has 1 aromatic rings. The first kappa shape index (κ1) is 17.7. The summed E-state index contributed by atoms with van der Waals surface area (Å²) in [6.45, 7) is 3.35. The van der Waals surface area contributed by atoms with Crippen molar-refractivity contribution in [3.05, 3.63) is 29.6 Å². The molecule has 0 aliphatic carbocycles. The van der Waals surface area contributed by atoms with Crippen LogP contribution in [0.4, 0.5) is 4.39 Å². The molecule has 0 saturated carbocycles. The number of hydrogen-bond acceptors (Lipinski definition) is 4. The molecule has 0 radical (unpaired) electrons. The third-order valence-electron chi connectivity index (χ3n) is 3.02. The summed E-state index contributed by atoms with van der Waals surface area (Å²) in [6, 6.07) is 3.39. The molecular weight excluding hydrogens is 273 g/mol. The van der Waals surface area contributed by atoms with Gasteiger partial charge in [-0.1, -0.05) is 6.07 Å². The van der Waals surface area contributed by atoms with Gasteiger partial charge in [-0.2, -0.15) is 0 Å². The van der Waals surface area contributed by atoms with E-state index in [1.165, 1.54) is 32.4 Å². The molecule has 1 atom stereocenters. The minimum Gasteiger partial charge on any atom is -0.496 e. The van der Waals surface area contributed by atoms with E-state index in [1.54, 1.807) is 13.8 Å². The quantitative estimate of drug-likeness (QED) is 0.866. The van der Waals surface area contributed by atoms with Gasteiger partial charge in [0.1, 0.15) is 11.6 Å². The van der Waals surface area contributed by atoms with E-state index in [2.05, 4.69) is 0 Å². The molecule has 2 N–H and O–H groups in total. The van der Waals surface area contributed by atoms with Gasteiger partial charge in [-0.05, 0) is 19.9 Å². The van der Waals surface area contributed by atoms with Crippen LogP contribution in [0, 0.1) is 11.2 Å². The lowest BCUT2D eigenvalue weighted by molar-refractivity contribution is -0.152. The molecule has 6 heteroatoms. The SMILES string of the molecule is COC(=O)C(C)(C)[C@@H](N)c1ccc(F)cc1OC.Cl. The molecule has 4 nitrogen and oxygen atoms in total. The molecule has 0 aliphatic heterocycles. The predicted molar refractivity (Wildman–Crippen MR) is 72.9 cm³/mol. The average molecular weight is 292 g/mol. The third kappa shape index (κ3) is 3.58. The van der Waals surface area contributed by atoms with Crippen LogP contribution in [0.5, 0.6) is 5.75 Å². The van der Waals surface area contributed by atoms with E-state index in [1.807, 2.05) is 0 Å². The van der Waals surface area contributed by atoms with Crippen LogP contribution in [0.2, 0.25) is 0 Å². The van der Waals surface area contributed by atoms with Gasteiger partial charge in [-0.3, -0.25) is 4.79 Å². The highest BCUT2D eigenvalue weighted by Gasteiger charge is 2.37. The highest BCUT2D eigenvalue weighted by atomic mass is 35.5. The summed E-state index contributed by atoms with van der Waals surface area (Å²) in [7, 11) is 2.73. The highest BCUT2D eigenvalue weighted by Crippen LogP contribution is 2.37. The van der Waals surface area contributed by atoms with Gasteiger partial charge in [0.25, 0.3) is 0 Å². The van der Waals surface area contributed by atoms with E-state index in [0.717, 1.165) is 0 Å². The second kappa shape index (κ2) is 6.73. The fourth-order valence-corrected chi connectivity index (χ4v) is 1.72. The fourth-order valence-electron chi connectivity index (χ4n) is 1.72. The van der Waals surface area contributed by atoms with Gasteiger partial charge in [0.05, 0.1) is 19.6 Å². The van der Waals surface area contributed by atoms with Gasteiger partial charge in [-0.15, -0.1) is 12.4 Å². The van der Waals surface area contributed by atoms with Crippen LogP contribution in [0.15, 0.2) is 18.2 Å². The number of rotatable bonds is 4. The Morgan fingerprint density at radius 2 is 1.95 bits per heavy atom. The summed E-state index contributed by atoms with van der Waals surface area (Å²) in [5.41, 5.74) is 5.71. The Balaban J connectivity index is 0.00000324. The summed E-state index contributed by atoms with van der Waals surface area (Å²) in [4.78, 5) is 11.7. The van der Waals surface area contributed by atoms with Crippen molar-refractivity contribution < 1.29 is 18.7 Å². The molecule has 0 aliphatic rings. The second-order valence-corrected chi connectivity index (χ2v) is 4.58. The molecular formula is C13H19ClFNO3. The molecule has 0 fully saturated rings. The molecule has 0 unspecified atom stereocenters. The van der Waals surface area contributed by atoms with Crippen molar-refractivity contribution in [3.8, 4) is 5.75 Å². The number of benzene rings is 1. The minimum atomic E-state index is -0.931. The Labute approximate surface area is 118 Å². The van der Waals surface area contributed by atoms with Gasteiger partial charge in [-0.25, -0.2) is 4.39 Å². The predicted octanol–water partition coefficient (Wildman–Crippen LogP) is 2.46. The lowest BCUT2D eigenvalue weighted by Crippen LogP contribution is -2.37. The molecule has 0 aromatic heterocycles. The summed E-state index contributed by atoms with van der Waals surface area (Å²) in [6.07, 6.45) is 0. The van der Waals surface area contributed by atoms with E-state index in [0.29, 0.717) is 11.3 Å². The Bertz CT molecular complexity index is 452. The van der Waals surface area contributed by atoms with Crippen molar-refractivity contribution in [1.82, 2.24) is 0 Å². The topological polar surface area (TPSA) is 61.5 Å². The Morgan fingerprint density at radius 1 is 1.37 bits per heavy atom. The summed E-state index contributed by atoms with van der Waals surface area (Å²) in [5.74, 6) is -0.528. The lowest BCUT2D eigenvalue weighted by atomic mass is 9.80. The number of carbonyl (C=O) groups excluding carboxylic acids is 1. The van der Waals surface area contributed by atoms with Crippen molar-refractivity contribution in [2.45, 2.75) is 19.9 Å². The van der Waals surface area contributed by atoms with E-state index >= 15 is 0 Å². The zero-order valence-corrected chi connectivity index (χ0v) is 12.2. The first-order valence-electron chi connectivity index (χ1n) is 5.52. The second-order valence-electron chi connectivity index (χ2n) is 4.58. The first-order chi connectivity index (χ1) is 8.34. The number of esters is 1. The molecule has 0 spiro atoms. The van der Waals surface area contributed by atoms with Crippen LogP contribution in [-0.4, -0.2) is 20.2 Å². The average Bonchev–Trinajstić information content (AvgIpc) is 2.36. The first-order valence-corrected chi connectivity index (χ1v) is 5.52. The third-order valence-corrected chi connectivity index (χ3v) is 3.02. The Morgan fingerprint density at radius 3 is 2.42 bits per heavy atom. The monoisotopic (exact) mass is 291 g/mol. The van der Waals surface area contributed by atoms with Crippen LogP contribution < -0.4 is 10.5 Å². The molecule has 0 amide bonds. The highest BCUT2D eigenvalue weighted by molar-refractivity contribution is 5.85. The molecule has 0 bridgehead atoms. The number of halogens is 2. The molecule has 0 saturated heterocycles. The Hall–Kier alpha value is -1.33. The van der Waals surface area contributed by atoms with Crippen molar-refractivity contribution in [1.29, 1.82) is 0 Å². The number of nitrogens with two attached hydrogens (primary N) is 1. The van der Waals surface area contributed by atoms with Crippen molar-refractivity contribution in [2.75, 3.05) is 14.2 Å². The van der Waals surface area contributed by atoms with E-state index in [4.69, 9.17) is 15.2 Å². The van der Waals surface area contributed by atoms with Gasteiger partial charge < -0.3 is 15.2 Å². The van der Waals surface area contributed by atoms with Crippen molar-refractivity contribution in [2.24, 2.45) is 11.1 Å². The maximum absolute atomic E-state index is 13.1. The van der Waals surface area contributed by atoms with E-state index < -0.39 is 23.2 Å². The lowest BCUT2D eigenvalue weighted by Gasteiger charge is -2.29. The van der Waals surface area contributed by atoms with Gasteiger partial charge in [0.2, 0.25) is 0 Å². The van der Waals surface area contributed by atoms with Crippen LogP contribution >= 0.6 is 12.4 Å². The zero-order chi connectivity index (χ0) is 13.9.